The number of hydrogen-bond donors (Lipinski definition) is 3. The molecule has 0 spiro atoms. The predicted octanol–water partition coefficient (Wildman–Crippen LogP) is 0.447. The maximum atomic E-state index is 10.3. The number of carbonyl (C=O) groups is 1. The van der Waals surface area contributed by atoms with Crippen LogP contribution >= 0.6 is 0 Å². The standard InChI is InChI=1S/C6H7NO4/c8-4-1-3(6(10)11)2-5(9)7-4/h1,3,8H,2H2,(H,7,9)(H,10,11). The summed E-state index contributed by atoms with van der Waals surface area (Å²) in [5, 5.41) is 26.0. The average molecular weight is 157 g/mol. The van der Waals surface area contributed by atoms with Gasteiger partial charge in [-0.05, 0) is 6.08 Å². The molecule has 0 saturated heterocycles. The molecule has 3 N–H and O–H groups in total. The second kappa shape index (κ2) is 2.61. The summed E-state index contributed by atoms with van der Waals surface area (Å²) in [4.78, 5) is 13.6. The third kappa shape index (κ3) is 1.70. The third-order valence-corrected chi connectivity index (χ3v) is 1.31. The number of carboxylic acid groups (broad SMARTS) is 1. The number of hydrogen-bond acceptors (Lipinski definition) is 3. The topological polar surface area (TPSA) is 90.1 Å². The second-order valence-corrected chi connectivity index (χ2v) is 2.20. The molecule has 0 aromatic heterocycles. The molecule has 1 aliphatic heterocycles. The zero-order chi connectivity index (χ0) is 8.43. The summed E-state index contributed by atoms with van der Waals surface area (Å²) in [7, 11) is 0. The summed E-state index contributed by atoms with van der Waals surface area (Å²) in [6.07, 6.45) is 1.03. The Morgan fingerprint density at radius 2 is 2.27 bits per heavy atom. The van der Waals surface area contributed by atoms with Gasteiger partial charge >= 0.3 is 5.97 Å². The van der Waals surface area contributed by atoms with Gasteiger partial charge in [-0.1, -0.05) is 0 Å². The van der Waals surface area contributed by atoms with Gasteiger partial charge in [-0.3, -0.25) is 4.79 Å². The van der Waals surface area contributed by atoms with Gasteiger partial charge in [0.15, 0.2) is 5.90 Å². The van der Waals surface area contributed by atoms with Crippen molar-refractivity contribution >= 4 is 11.9 Å². The molecule has 0 aliphatic carbocycles. The molecule has 0 aromatic rings. The number of nitrogens with zero attached hydrogens (tertiary/aromatic N) is 1. The second-order valence-electron chi connectivity index (χ2n) is 2.20. The lowest BCUT2D eigenvalue weighted by atomic mass is 10.0. The smallest absolute Gasteiger partial charge is 0.311 e. The molecule has 0 fully saturated rings. The average Bonchev–Trinajstić information content (AvgIpc) is 1.85. The number of aliphatic hydroxyl groups is 2. The van der Waals surface area contributed by atoms with E-state index in [2.05, 4.69) is 4.99 Å². The predicted molar refractivity (Wildman–Crippen MR) is 36.5 cm³/mol. The first kappa shape index (κ1) is 7.59. The number of aliphatic carboxylic acids is 1. The van der Waals surface area contributed by atoms with E-state index in [1.165, 1.54) is 0 Å². The van der Waals surface area contributed by atoms with Gasteiger partial charge in [-0.2, -0.15) is 4.99 Å². The van der Waals surface area contributed by atoms with Crippen LogP contribution in [0.15, 0.2) is 17.0 Å². The van der Waals surface area contributed by atoms with Crippen molar-refractivity contribution in [2.24, 2.45) is 10.9 Å². The van der Waals surface area contributed by atoms with Gasteiger partial charge in [0.2, 0.25) is 5.88 Å². The number of carboxylic acids is 1. The van der Waals surface area contributed by atoms with E-state index < -0.39 is 17.8 Å². The molecule has 1 heterocycles. The Hall–Kier alpha value is -1.52. The molecule has 0 amide bonds. The highest BCUT2D eigenvalue weighted by Gasteiger charge is 2.21. The Morgan fingerprint density at radius 1 is 1.64 bits per heavy atom. The third-order valence-electron chi connectivity index (χ3n) is 1.31. The first-order valence-corrected chi connectivity index (χ1v) is 2.99. The van der Waals surface area contributed by atoms with Crippen LogP contribution in [0.2, 0.25) is 0 Å². The van der Waals surface area contributed by atoms with E-state index in [1.54, 1.807) is 0 Å². The van der Waals surface area contributed by atoms with Crippen molar-refractivity contribution in [2.45, 2.75) is 6.42 Å². The zero-order valence-electron chi connectivity index (χ0n) is 5.56. The largest absolute Gasteiger partial charge is 0.496 e. The number of aliphatic hydroxyl groups excluding tert-OH is 2. The van der Waals surface area contributed by atoms with Crippen molar-refractivity contribution in [1.82, 2.24) is 0 Å². The molecule has 60 valence electrons. The van der Waals surface area contributed by atoms with E-state index in [0.717, 1.165) is 6.08 Å². The lowest BCUT2D eigenvalue weighted by Crippen LogP contribution is -2.19. The van der Waals surface area contributed by atoms with Crippen molar-refractivity contribution in [1.29, 1.82) is 0 Å². The molecule has 1 unspecified atom stereocenters. The molecule has 11 heavy (non-hydrogen) atoms. The van der Waals surface area contributed by atoms with Crippen LogP contribution in [0.1, 0.15) is 6.42 Å². The van der Waals surface area contributed by atoms with Crippen molar-refractivity contribution in [3.05, 3.63) is 12.0 Å². The van der Waals surface area contributed by atoms with Gasteiger partial charge in [0.05, 0.1) is 5.92 Å². The summed E-state index contributed by atoms with van der Waals surface area (Å²) in [6.45, 7) is 0. The van der Waals surface area contributed by atoms with Crippen LogP contribution < -0.4 is 0 Å². The Bertz CT molecular complexity index is 243. The molecule has 5 heteroatoms. The van der Waals surface area contributed by atoms with E-state index in [4.69, 9.17) is 15.3 Å². The van der Waals surface area contributed by atoms with Crippen molar-refractivity contribution in [2.75, 3.05) is 0 Å². The van der Waals surface area contributed by atoms with Crippen LogP contribution in [0.3, 0.4) is 0 Å². The molecule has 1 aliphatic rings. The van der Waals surface area contributed by atoms with E-state index >= 15 is 0 Å². The van der Waals surface area contributed by atoms with E-state index in [0.29, 0.717) is 0 Å². The van der Waals surface area contributed by atoms with E-state index in [-0.39, 0.29) is 12.3 Å². The minimum Gasteiger partial charge on any atom is -0.496 e. The van der Waals surface area contributed by atoms with E-state index in [9.17, 15) is 4.79 Å². The van der Waals surface area contributed by atoms with E-state index in [1.807, 2.05) is 0 Å². The molecule has 0 radical (unpaired) electrons. The van der Waals surface area contributed by atoms with Crippen LogP contribution in [0.25, 0.3) is 0 Å². The quantitative estimate of drug-likeness (QED) is 0.515. The molecular formula is C6H7NO4. The van der Waals surface area contributed by atoms with Crippen LogP contribution in [0.4, 0.5) is 0 Å². The summed E-state index contributed by atoms with van der Waals surface area (Å²) in [5.41, 5.74) is 0. The maximum absolute atomic E-state index is 10.3. The SMILES string of the molecule is O=C(O)C1C=C(O)N=C(O)C1. The van der Waals surface area contributed by atoms with Gasteiger partial charge in [0, 0.05) is 6.42 Å². The van der Waals surface area contributed by atoms with Gasteiger partial charge in [0.25, 0.3) is 0 Å². The molecular weight excluding hydrogens is 150 g/mol. The maximum Gasteiger partial charge on any atom is 0.311 e. The van der Waals surface area contributed by atoms with Crippen LogP contribution in [-0.4, -0.2) is 27.2 Å². The minimum absolute atomic E-state index is 0.0562. The zero-order valence-corrected chi connectivity index (χ0v) is 5.56. The highest BCUT2D eigenvalue weighted by molar-refractivity contribution is 5.84. The highest BCUT2D eigenvalue weighted by Crippen LogP contribution is 2.14. The number of aliphatic imine (C=N–C) groups is 1. The Kier molecular flexibility index (Phi) is 1.80. The minimum atomic E-state index is -1.09. The van der Waals surface area contributed by atoms with Crippen LogP contribution in [0.5, 0.6) is 0 Å². The summed E-state index contributed by atoms with van der Waals surface area (Å²) >= 11 is 0. The van der Waals surface area contributed by atoms with Crippen molar-refractivity contribution < 1.29 is 20.1 Å². The monoisotopic (exact) mass is 157 g/mol. The van der Waals surface area contributed by atoms with Gasteiger partial charge in [0.1, 0.15) is 0 Å². The van der Waals surface area contributed by atoms with Gasteiger partial charge in [-0.25, -0.2) is 0 Å². The molecule has 0 saturated carbocycles. The lowest BCUT2D eigenvalue weighted by molar-refractivity contribution is -0.140. The molecule has 0 aromatic carbocycles. The first-order chi connectivity index (χ1) is 5.09. The fraction of sp³-hybridized carbons (Fsp3) is 0.333. The normalized spacial score (nSPS) is 23.8. The first-order valence-electron chi connectivity index (χ1n) is 2.99. The Balaban J connectivity index is 2.79. The molecule has 1 rings (SSSR count). The fourth-order valence-electron chi connectivity index (χ4n) is 0.809. The van der Waals surface area contributed by atoms with Crippen LogP contribution in [-0.2, 0) is 4.79 Å². The van der Waals surface area contributed by atoms with Crippen LogP contribution in [0, 0.1) is 5.92 Å². The Labute approximate surface area is 62.3 Å². The van der Waals surface area contributed by atoms with Gasteiger partial charge in [-0.15, -0.1) is 0 Å². The fourth-order valence-corrected chi connectivity index (χ4v) is 0.809. The van der Waals surface area contributed by atoms with Gasteiger partial charge < -0.3 is 15.3 Å². The number of rotatable bonds is 1. The summed E-state index contributed by atoms with van der Waals surface area (Å²) < 4.78 is 0. The molecule has 1 atom stereocenters. The molecule has 0 bridgehead atoms. The van der Waals surface area contributed by atoms with Crippen molar-refractivity contribution in [3.8, 4) is 0 Å². The summed E-state index contributed by atoms with van der Waals surface area (Å²) in [5.74, 6) is -2.75. The molecule has 5 nitrogen and oxygen atoms in total. The summed E-state index contributed by atoms with van der Waals surface area (Å²) in [6, 6.07) is 0. The highest BCUT2D eigenvalue weighted by atomic mass is 16.4. The Morgan fingerprint density at radius 3 is 2.73 bits per heavy atom. The van der Waals surface area contributed by atoms with Crippen molar-refractivity contribution in [3.63, 3.8) is 0 Å². The lowest BCUT2D eigenvalue weighted by Gasteiger charge is -2.10.